The molecule has 32 heavy (non-hydrogen) atoms. The van der Waals surface area contributed by atoms with Crippen molar-refractivity contribution >= 4 is 44.6 Å². The zero-order valence-electron chi connectivity index (χ0n) is 16.4. The topological polar surface area (TPSA) is 84.2 Å². The Morgan fingerprint density at radius 3 is 2.44 bits per heavy atom. The normalized spacial score (nSPS) is 17.7. The highest BCUT2D eigenvalue weighted by atomic mass is 35.5. The second-order valence-electron chi connectivity index (χ2n) is 7.50. The summed E-state index contributed by atoms with van der Waals surface area (Å²) in [6.07, 6.45) is -6.84. The van der Waals surface area contributed by atoms with E-state index in [0.29, 0.717) is 11.3 Å². The molecule has 0 spiro atoms. The molecule has 2 atom stereocenters. The van der Waals surface area contributed by atoms with E-state index in [1.807, 2.05) is 0 Å². The molecule has 1 heterocycles. The molecule has 0 bridgehead atoms. The van der Waals surface area contributed by atoms with Gasteiger partial charge in [-0.1, -0.05) is 40.9 Å². The van der Waals surface area contributed by atoms with E-state index in [0.717, 1.165) is 17.7 Å². The standard InChI is InChI=1S/C19H18Cl2F5N3O2S/c1-9-2-3-15-12(4-9)10(8-28-15)5-16(18(22,23)19(24,25)26)29-32(30,31)17-13(21)6-11(20)7-14(17)27/h2-4,6-7,10,16,28-29H,5,8,27H2,1H3. The summed E-state index contributed by atoms with van der Waals surface area (Å²) in [6, 6.07) is 4.26. The van der Waals surface area contributed by atoms with Crippen LogP contribution in [0.5, 0.6) is 0 Å². The van der Waals surface area contributed by atoms with Crippen LogP contribution in [0.4, 0.5) is 33.3 Å². The SMILES string of the molecule is Cc1ccc2c(c1)C(CC(NS(=O)(=O)c1c(N)cc(Cl)cc1Cl)C(F)(F)C(F)(F)F)CN2. The molecule has 0 saturated heterocycles. The lowest BCUT2D eigenvalue weighted by Crippen LogP contribution is -2.56. The van der Waals surface area contributed by atoms with Crippen molar-refractivity contribution in [1.82, 2.24) is 4.72 Å². The molecule has 0 aliphatic carbocycles. The molecule has 176 valence electrons. The number of aryl methyl sites for hydroxylation is 1. The summed E-state index contributed by atoms with van der Waals surface area (Å²) in [5.74, 6) is -6.18. The molecule has 3 rings (SSSR count). The highest BCUT2D eigenvalue weighted by molar-refractivity contribution is 7.89. The third kappa shape index (κ3) is 4.75. The number of nitrogen functional groups attached to an aromatic ring is 1. The zero-order chi connectivity index (χ0) is 24.1. The van der Waals surface area contributed by atoms with Gasteiger partial charge in [0, 0.05) is 23.2 Å². The van der Waals surface area contributed by atoms with Crippen molar-refractivity contribution in [3.63, 3.8) is 0 Å². The van der Waals surface area contributed by atoms with Crippen molar-refractivity contribution in [2.24, 2.45) is 0 Å². The van der Waals surface area contributed by atoms with E-state index in [4.69, 9.17) is 28.9 Å². The molecule has 1 aliphatic heterocycles. The Kier molecular flexibility index (Phi) is 6.60. The number of halogens is 7. The van der Waals surface area contributed by atoms with Crippen LogP contribution in [0, 0.1) is 6.92 Å². The van der Waals surface area contributed by atoms with Crippen molar-refractivity contribution in [3.05, 3.63) is 51.5 Å². The first-order valence-electron chi connectivity index (χ1n) is 9.19. The monoisotopic (exact) mass is 517 g/mol. The van der Waals surface area contributed by atoms with Gasteiger partial charge in [0.2, 0.25) is 10.0 Å². The van der Waals surface area contributed by atoms with Crippen LogP contribution in [-0.4, -0.2) is 33.1 Å². The van der Waals surface area contributed by atoms with E-state index in [9.17, 15) is 30.4 Å². The van der Waals surface area contributed by atoms with Gasteiger partial charge in [-0.2, -0.15) is 22.0 Å². The third-order valence-corrected chi connectivity index (χ3v) is 7.34. The molecule has 2 unspecified atom stereocenters. The molecular formula is C19H18Cl2F5N3O2S. The van der Waals surface area contributed by atoms with E-state index < -0.39 is 56.1 Å². The van der Waals surface area contributed by atoms with Crippen LogP contribution in [-0.2, 0) is 10.0 Å². The minimum atomic E-state index is -6.00. The summed E-state index contributed by atoms with van der Waals surface area (Å²) in [6.45, 7) is 1.81. The maximum Gasteiger partial charge on any atom is 0.454 e. The molecule has 0 aromatic heterocycles. The van der Waals surface area contributed by atoms with Crippen molar-refractivity contribution in [3.8, 4) is 0 Å². The Morgan fingerprint density at radius 1 is 1.19 bits per heavy atom. The fraction of sp³-hybridized carbons (Fsp3) is 0.368. The molecule has 2 aromatic rings. The van der Waals surface area contributed by atoms with Crippen molar-refractivity contribution in [2.75, 3.05) is 17.6 Å². The maximum absolute atomic E-state index is 14.5. The van der Waals surface area contributed by atoms with Crippen LogP contribution >= 0.6 is 23.2 Å². The fourth-order valence-electron chi connectivity index (χ4n) is 3.60. The first-order valence-corrected chi connectivity index (χ1v) is 11.4. The van der Waals surface area contributed by atoms with Crippen LogP contribution < -0.4 is 15.8 Å². The summed E-state index contributed by atoms with van der Waals surface area (Å²) in [7, 11) is -4.97. The third-order valence-electron chi connectivity index (χ3n) is 5.12. The average molecular weight is 518 g/mol. The maximum atomic E-state index is 14.5. The van der Waals surface area contributed by atoms with Crippen LogP contribution in [0.3, 0.4) is 0 Å². The highest BCUT2D eigenvalue weighted by Crippen LogP contribution is 2.44. The van der Waals surface area contributed by atoms with Crippen molar-refractivity contribution in [2.45, 2.75) is 42.3 Å². The minimum absolute atomic E-state index is 0.0346. The predicted molar refractivity (Wildman–Crippen MR) is 113 cm³/mol. The van der Waals surface area contributed by atoms with Crippen LogP contribution in [0.1, 0.15) is 23.5 Å². The molecule has 0 radical (unpaired) electrons. The number of nitrogens with two attached hydrogens (primary N) is 1. The molecular weight excluding hydrogens is 500 g/mol. The predicted octanol–water partition coefficient (Wildman–Crippen LogP) is 5.33. The molecule has 4 N–H and O–H groups in total. The van der Waals surface area contributed by atoms with Crippen molar-refractivity contribution in [1.29, 1.82) is 0 Å². The van der Waals surface area contributed by atoms with E-state index in [2.05, 4.69) is 5.32 Å². The highest BCUT2D eigenvalue weighted by Gasteiger charge is 2.63. The molecule has 1 aliphatic rings. The number of rotatable bonds is 6. The van der Waals surface area contributed by atoms with Gasteiger partial charge < -0.3 is 11.1 Å². The summed E-state index contributed by atoms with van der Waals surface area (Å²) >= 11 is 11.6. The summed E-state index contributed by atoms with van der Waals surface area (Å²) in [4.78, 5) is -0.827. The molecule has 0 saturated carbocycles. The van der Waals surface area contributed by atoms with Gasteiger partial charge >= 0.3 is 12.1 Å². The minimum Gasteiger partial charge on any atom is -0.398 e. The number of benzene rings is 2. The number of nitrogens with one attached hydrogen (secondary N) is 2. The van der Waals surface area contributed by atoms with Crippen LogP contribution in [0.15, 0.2) is 35.2 Å². The number of sulfonamides is 1. The van der Waals surface area contributed by atoms with Crippen molar-refractivity contribution < 1.29 is 30.4 Å². The molecule has 0 amide bonds. The van der Waals surface area contributed by atoms with Gasteiger partial charge in [0.1, 0.15) is 4.90 Å². The van der Waals surface area contributed by atoms with E-state index in [-0.39, 0.29) is 11.6 Å². The first kappa shape index (κ1) is 24.8. The van der Waals surface area contributed by atoms with E-state index in [1.165, 1.54) is 4.72 Å². The van der Waals surface area contributed by atoms with Gasteiger partial charge in [-0.15, -0.1) is 0 Å². The van der Waals surface area contributed by atoms with E-state index in [1.54, 1.807) is 25.1 Å². The lowest BCUT2D eigenvalue weighted by Gasteiger charge is -2.31. The summed E-state index contributed by atoms with van der Waals surface area (Å²) < 4.78 is 95.7. The Balaban J connectivity index is 2.01. The summed E-state index contributed by atoms with van der Waals surface area (Å²) in [5, 5.41) is 2.38. The van der Waals surface area contributed by atoms with Gasteiger partial charge in [0.05, 0.1) is 16.8 Å². The molecule has 5 nitrogen and oxygen atoms in total. The van der Waals surface area contributed by atoms with Crippen LogP contribution in [0.25, 0.3) is 0 Å². The Morgan fingerprint density at radius 2 is 1.84 bits per heavy atom. The van der Waals surface area contributed by atoms with Gasteiger partial charge in [0.15, 0.2) is 0 Å². The summed E-state index contributed by atoms with van der Waals surface area (Å²) in [5.41, 5.74) is 7.01. The first-order chi connectivity index (χ1) is 14.6. The Labute approximate surface area is 191 Å². The number of fused-ring (bicyclic) bond motifs is 1. The lowest BCUT2D eigenvalue weighted by molar-refractivity contribution is -0.291. The average Bonchev–Trinajstić information content (AvgIpc) is 3.00. The Hall–Kier alpha value is -1.82. The number of anilines is 2. The zero-order valence-corrected chi connectivity index (χ0v) is 18.7. The van der Waals surface area contributed by atoms with Gasteiger partial charge in [0.25, 0.3) is 0 Å². The van der Waals surface area contributed by atoms with E-state index >= 15 is 0 Å². The number of hydrogen-bond acceptors (Lipinski definition) is 4. The smallest absolute Gasteiger partial charge is 0.398 e. The molecule has 13 heteroatoms. The Bertz CT molecular complexity index is 1120. The molecule has 2 aromatic carbocycles. The van der Waals surface area contributed by atoms with Gasteiger partial charge in [-0.3, -0.25) is 0 Å². The second-order valence-corrected chi connectivity index (χ2v) is 10.00. The lowest BCUT2D eigenvalue weighted by atomic mass is 9.90. The molecule has 0 fully saturated rings. The quantitative estimate of drug-likeness (QED) is 0.357. The largest absolute Gasteiger partial charge is 0.454 e. The number of alkyl halides is 5. The van der Waals surface area contributed by atoms with Gasteiger partial charge in [-0.05, 0) is 37.1 Å². The van der Waals surface area contributed by atoms with Crippen LogP contribution in [0.2, 0.25) is 10.0 Å². The second kappa shape index (κ2) is 8.51. The fourth-order valence-corrected chi connectivity index (χ4v) is 5.83. The number of hydrogen-bond donors (Lipinski definition) is 3. The van der Waals surface area contributed by atoms with Gasteiger partial charge in [-0.25, -0.2) is 13.1 Å².